The van der Waals surface area contributed by atoms with E-state index >= 15 is 0 Å². The molecule has 0 aliphatic carbocycles. The molecular formula is C14H21NO3. The minimum absolute atomic E-state index is 0.378. The van der Waals surface area contributed by atoms with E-state index in [-0.39, 0.29) is 5.92 Å². The number of hydrogen-bond donors (Lipinski definition) is 1. The third-order valence-corrected chi connectivity index (χ3v) is 2.81. The maximum absolute atomic E-state index is 10.9. The molecule has 1 N–H and O–H groups in total. The Morgan fingerprint density at radius 3 is 2.39 bits per heavy atom. The highest BCUT2D eigenvalue weighted by Gasteiger charge is 2.15. The lowest BCUT2D eigenvalue weighted by atomic mass is 10.1. The van der Waals surface area contributed by atoms with E-state index < -0.39 is 5.97 Å². The Bertz CT molecular complexity index is 375. The third kappa shape index (κ3) is 3.95. The van der Waals surface area contributed by atoms with Gasteiger partial charge >= 0.3 is 5.97 Å². The van der Waals surface area contributed by atoms with Crippen molar-refractivity contribution >= 4 is 11.7 Å². The van der Waals surface area contributed by atoms with Gasteiger partial charge in [0.25, 0.3) is 0 Å². The van der Waals surface area contributed by atoms with E-state index in [0.717, 1.165) is 18.0 Å². The molecule has 0 bridgehead atoms. The zero-order chi connectivity index (χ0) is 13.5. The summed E-state index contributed by atoms with van der Waals surface area (Å²) in [6, 6.07) is 7.74. The second-order valence-corrected chi connectivity index (χ2v) is 4.20. The van der Waals surface area contributed by atoms with Gasteiger partial charge in [0.2, 0.25) is 0 Å². The first-order chi connectivity index (χ1) is 8.58. The van der Waals surface area contributed by atoms with Crippen LogP contribution in [0.4, 0.5) is 5.69 Å². The topological polar surface area (TPSA) is 49.8 Å². The summed E-state index contributed by atoms with van der Waals surface area (Å²) in [6.07, 6.45) is 0. The van der Waals surface area contributed by atoms with Gasteiger partial charge in [-0.3, -0.25) is 4.79 Å². The normalized spacial score (nSPS) is 11.9. The molecule has 0 spiro atoms. The molecule has 1 atom stereocenters. The highest BCUT2D eigenvalue weighted by Crippen LogP contribution is 2.20. The minimum atomic E-state index is -0.764. The quantitative estimate of drug-likeness (QED) is 0.809. The largest absolute Gasteiger partial charge is 0.494 e. The second kappa shape index (κ2) is 6.89. The van der Waals surface area contributed by atoms with Crippen LogP contribution in [-0.4, -0.2) is 30.8 Å². The molecule has 0 aliphatic rings. The maximum atomic E-state index is 10.9. The fourth-order valence-electron chi connectivity index (χ4n) is 1.75. The number of benzene rings is 1. The first kappa shape index (κ1) is 14.4. The van der Waals surface area contributed by atoms with E-state index in [1.54, 1.807) is 6.92 Å². The van der Waals surface area contributed by atoms with E-state index in [9.17, 15) is 4.79 Å². The fraction of sp³-hybridized carbons (Fsp3) is 0.500. The highest BCUT2D eigenvalue weighted by atomic mass is 16.5. The van der Waals surface area contributed by atoms with E-state index in [1.165, 1.54) is 0 Å². The summed E-state index contributed by atoms with van der Waals surface area (Å²) in [6.45, 7) is 7.63. The molecule has 1 aromatic rings. The lowest BCUT2D eigenvalue weighted by molar-refractivity contribution is -0.140. The summed E-state index contributed by atoms with van der Waals surface area (Å²) < 4.78 is 5.38. The molecule has 0 heterocycles. The Morgan fingerprint density at radius 1 is 1.33 bits per heavy atom. The molecule has 1 unspecified atom stereocenters. The molecule has 0 saturated heterocycles. The van der Waals surface area contributed by atoms with Gasteiger partial charge in [0.05, 0.1) is 12.5 Å². The van der Waals surface area contributed by atoms with Crippen molar-refractivity contribution in [2.75, 3.05) is 24.6 Å². The second-order valence-electron chi connectivity index (χ2n) is 4.20. The smallest absolute Gasteiger partial charge is 0.308 e. The molecule has 0 radical (unpaired) electrons. The standard InChI is InChI=1S/C14H21NO3/c1-4-15(10-11(3)14(16)17)12-6-8-13(9-7-12)18-5-2/h6-9,11H,4-5,10H2,1-3H3,(H,16,17). The van der Waals surface area contributed by atoms with Gasteiger partial charge in [0.15, 0.2) is 0 Å². The van der Waals surface area contributed by atoms with Crippen LogP contribution in [0.3, 0.4) is 0 Å². The summed E-state index contributed by atoms with van der Waals surface area (Å²) >= 11 is 0. The SMILES string of the molecule is CCOc1ccc(N(CC)CC(C)C(=O)O)cc1. The van der Waals surface area contributed by atoms with Crippen molar-refractivity contribution in [1.29, 1.82) is 0 Å². The molecular weight excluding hydrogens is 230 g/mol. The van der Waals surface area contributed by atoms with Gasteiger partial charge in [-0.1, -0.05) is 6.92 Å². The summed E-state index contributed by atoms with van der Waals surface area (Å²) in [5.41, 5.74) is 1.02. The number of carboxylic acid groups (broad SMARTS) is 1. The number of rotatable bonds is 7. The van der Waals surface area contributed by atoms with Crippen LogP contribution >= 0.6 is 0 Å². The van der Waals surface area contributed by atoms with Crippen LogP contribution in [0.2, 0.25) is 0 Å². The van der Waals surface area contributed by atoms with Crippen molar-refractivity contribution in [3.8, 4) is 5.75 Å². The zero-order valence-electron chi connectivity index (χ0n) is 11.2. The van der Waals surface area contributed by atoms with Crippen LogP contribution in [0.1, 0.15) is 20.8 Å². The van der Waals surface area contributed by atoms with Crippen LogP contribution in [0.25, 0.3) is 0 Å². The van der Waals surface area contributed by atoms with Gasteiger partial charge in [0, 0.05) is 18.8 Å². The van der Waals surface area contributed by atoms with Crippen molar-refractivity contribution in [3.63, 3.8) is 0 Å². The van der Waals surface area contributed by atoms with Crippen molar-refractivity contribution in [2.45, 2.75) is 20.8 Å². The number of carbonyl (C=O) groups is 1. The van der Waals surface area contributed by atoms with E-state index in [2.05, 4.69) is 4.90 Å². The van der Waals surface area contributed by atoms with E-state index in [1.807, 2.05) is 38.1 Å². The van der Waals surface area contributed by atoms with Crippen molar-refractivity contribution in [2.24, 2.45) is 5.92 Å². The van der Waals surface area contributed by atoms with Crippen LogP contribution in [-0.2, 0) is 4.79 Å². The summed E-state index contributed by atoms with van der Waals surface area (Å²) in [5, 5.41) is 8.94. The number of nitrogens with zero attached hydrogens (tertiary/aromatic N) is 1. The predicted molar refractivity (Wildman–Crippen MR) is 72.3 cm³/mol. The van der Waals surface area contributed by atoms with Crippen molar-refractivity contribution < 1.29 is 14.6 Å². The van der Waals surface area contributed by atoms with Crippen LogP contribution in [0.5, 0.6) is 5.75 Å². The molecule has 0 saturated carbocycles. The van der Waals surface area contributed by atoms with Gasteiger partial charge < -0.3 is 14.7 Å². The number of anilines is 1. The molecule has 18 heavy (non-hydrogen) atoms. The highest BCUT2D eigenvalue weighted by molar-refractivity contribution is 5.70. The van der Waals surface area contributed by atoms with Crippen LogP contribution in [0, 0.1) is 5.92 Å². The average Bonchev–Trinajstić information content (AvgIpc) is 2.37. The lowest BCUT2D eigenvalue weighted by Gasteiger charge is -2.25. The Labute approximate surface area is 108 Å². The van der Waals surface area contributed by atoms with Gasteiger partial charge in [-0.15, -0.1) is 0 Å². The van der Waals surface area contributed by atoms with Crippen molar-refractivity contribution in [3.05, 3.63) is 24.3 Å². The number of hydrogen-bond acceptors (Lipinski definition) is 3. The summed E-state index contributed by atoms with van der Waals surface area (Å²) in [4.78, 5) is 12.9. The number of carboxylic acids is 1. The molecule has 0 aliphatic heterocycles. The molecule has 0 amide bonds. The Hall–Kier alpha value is -1.71. The predicted octanol–water partition coefficient (Wildman–Crippen LogP) is 2.63. The van der Waals surface area contributed by atoms with Crippen LogP contribution in [0.15, 0.2) is 24.3 Å². The maximum Gasteiger partial charge on any atom is 0.308 e. The fourth-order valence-corrected chi connectivity index (χ4v) is 1.75. The first-order valence-electron chi connectivity index (χ1n) is 6.29. The van der Waals surface area contributed by atoms with Gasteiger partial charge in [-0.2, -0.15) is 0 Å². The molecule has 1 aromatic carbocycles. The molecule has 0 fully saturated rings. The van der Waals surface area contributed by atoms with Crippen molar-refractivity contribution in [1.82, 2.24) is 0 Å². The zero-order valence-corrected chi connectivity index (χ0v) is 11.2. The van der Waals surface area contributed by atoms with E-state index in [4.69, 9.17) is 9.84 Å². The third-order valence-electron chi connectivity index (χ3n) is 2.81. The number of aliphatic carboxylic acids is 1. The first-order valence-corrected chi connectivity index (χ1v) is 6.29. The molecule has 4 heteroatoms. The van der Waals surface area contributed by atoms with Gasteiger partial charge in [-0.25, -0.2) is 0 Å². The summed E-state index contributed by atoms with van der Waals surface area (Å²) in [7, 11) is 0. The Balaban J connectivity index is 2.72. The van der Waals surface area contributed by atoms with Crippen LogP contribution < -0.4 is 9.64 Å². The Kier molecular flexibility index (Phi) is 5.49. The average molecular weight is 251 g/mol. The lowest BCUT2D eigenvalue weighted by Crippen LogP contribution is -2.31. The van der Waals surface area contributed by atoms with E-state index in [0.29, 0.717) is 13.2 Å². The Morgan fingerprint density at radius 2 is 1.94 bits per heavy atom. The van der Waals surface area contributed by atoms with Gasteiger partial charge in [-0.05, 0) is 38.1 Å². The molecule has 0 aromatic heterocycles. The molecule has 1 rings (SSSR count). The van der Waals surface area contributed by atoms with Gasteiger partial charge in [0.1, 0.15) is 5.75 Å². The molecule has 4 nitrogen and oxygen atoms in total. The summed E-state index contributed by atoms with van der Waals surface area (Å²) in [5.74, 6) is -0.306. The monoisotopic (exact) mass is 251 g/mol. The number of ether oxygens (including phenoxy) is 1. The minimum Gasteiger partial charge on any atom is -0.494 e. The molecule has 100 valence electrons.